The molecule has 0 bridgehead atoms. The van der Waals surface area contributed by atoms with E-state index in [1.54, 1.807) is 7.11 Å². The van der Waals surface area contributed by atoms with Crippen LogP contribution in [0.3, 0.4) is 0 Å². The molecule has 0 radical (unpaired) electrons. The Morgan fingerprint density at radius 1 is 1.09 bits per heavy atom. The van der Waals surface area contributed by atoms with Crippen LogP contribution >= 0.6 is 0 Å². The van der Waals surface area contributed by atoms with Crippen LogP contribution in [0.25, 0.3) is 0 Å². The molecule has 2 atom stereocenters. The highest BCUT2D eigenvalue weighted by molar-refractivity contribution is 6.01. The van der Waals surface area contributed by atoms with Gasteiger partial charge in [-0.15, -0.1) is 0 Å². The van der Waals surface area contributed by atoms with E-state index >= 15 is 0 Å². The number of phenols is 1. The summed E-state index contributed by atoms with van der Waals surface area (Å²) in [7, 11) is 1.66. The molecule has 5 heteroatoms. The number of carbonyl (C=O) groups is 1. The van der Waals surface area contributed by atoms with Gasteiger partial charge in [0.2, 0.25) is 0 Å². The summed E-state index contributed by atoms with van der Waals surface area (Å²) in [5.74, 6) is 1.68. The molecule has 2 unspecified atom stereocenters. The van der Waals surface area contributed by atoms with E-state index in [1.807, 2.05) is 82.8 Å². The minimum atomic E-state index is -0.304. The Morgan fingerprint density at radius 2 is 1.66 bits per heavy atom. The van der Waals surface area contributed by atoms with Crippen molar-refractivity contribution in [3.63, 3.8) is 0 Å². The predicted octanol–water partition coefficient (Wildman–Crippen LogP) is 6.67. The molecule has 5 nitrogen and oxygen atoms in total. The van der Waals surface area contributed by atoms with Crippen molar-refractivity contribution < 1.29 is 14.6 Å². The van der Waals surface area contributed by atoms with Gasteiger partial charge in [-0.2, -0.15) is 0 Å². The van der Waals surface area contributed by atoms with E-state index in [0.29, 0.717) is 17.9 Å². The Bertz CT molecular complexity index is 1060. The number of aromatic hydroxyl groups is 1. The number of hydrogen-bond acceptors (Lipinski definition) is 4. The second-order valence-electron chi connectivity index (χ2n) is 11.9. The Balaban J connectivity index is 1.96. The number of hydrogen-bond donors (Lipinski definition) is 2. The van der Waals surface area contributed by atoms with Gasteiger partial charge in [0, 0.05) is 34.7 Å². The fourth-order valence-electron chi connectivity index (χ4n) is 5.21. The van der Waals surface area contributed by atoms with Gasteiger partial charge < -0.3 is 14.7 Å². The first-order valence-corrected chi connectivity index (χ1v) is 12.7. The van der Waals surface area contributed by atoms with Gasteiger partial charge in [-0.1, -0.05) is 73.1 Å². The van der Waals surface area contributed by atoms with Crippen LogP contribution in [0.4, 0.5) is 0 Å². The van der Waals surface area contributed by atoms with Gasteiger partial charge in [0.1, 0.15) is 17.3 Å². The standard InChI is InChI=1S/C30H42N2O3/c1-9-12-19-17-32(28(31)26(19)21-13-10-11-14-25(21)35-8)18-24(33)20-15-22(29(2,3)4)27(34)23(16-20)30(5,6)7/h10-11,13-16,19,26,31,34H,9,12,17-18H2,1-8H3. The molecule has 35 heavy (non-hydrogen) atoms. The molecule has 3 rings (SSSR count). The lowest BCUT2D eigenvalue weighted by molar-refractivity contribution is 0.0963. The highest BCUT2D eigenvalue weighted by atomic mass is 16.5. The van der Waals surface area contributed by atoms with Crippen molar-refractivity contribution in [1.82, 2.24) is 4.90 Å². The van der Waals surface area contributed by atoms with Crippen molar-refractivity contribution in [3.8, 4) is 11.5 Å². The molecule has 1 heterocycles. The maximum Gasteiger partial charge on any atom is 0.182 e. The molecule has 190 valence electrons. The Labute approximate surface area is 211 Å². The topological polar surface area (TPSA) is 73.6 Å². The predicted molar refractivity (Wildman–Crippen MR) is 143 cm³/mol. The van der Waals surface area contributed by atoms with E-state index in [4.69, 9.17) is 10.1 Å². The van der Waals surface area contributed by atoms with Crippen molar-refractivity contribution in [2.75, 3.05) is 20.2 Å². The molecule has 0 amide bonds. The highest BCUT2D eigenvalue weighted by Crippen LogP contribution is 2.42. The molecule has 1 aliphatic heterocycles. The normalized spacial score (nSPS) is 18.7. The molecule has 0 saturated carbocycles. The van der Waals surface area contributed by atoms with Crippen LogP contribution in [0, 0.1) is 11.3 Å². The fraction of sp³-hybridized carbons (Fsp3) is 0.533. The van der Waals surface area contributed by atoms with Gasteiger partial charge in [-0.05, 0) is 41.4 Å². The third-order valence-corrected chi connectivity index (χ3v) is 7.08. The molecule has 1 saturated heterocycles. The number of para-hydroxylation sites is 1. The molecule has 1 fully saturated rings. The monoisotopic (exact) mass is 478 g/mol. The van der Waals surface area contributed by atoms with Gasteiger partial charge >= 0.3 is 0 Å². The van der Waals surface area contributed by atoms with Crippen molar-refractivity contribution in [1.29, 1.82) is 5.41 Å². The molecule has 0 aliphatic carbocycles. The summed E-state index contributed by atoms with van der Waals surface area (Å²) in [5.41, 5.74) is 2.56. The van der Waals surface area contributed by atoms with Crippen molar-refractivity contribution in [2.45, 2.75) is 78.1 Å². The van der Waals surface area contributed by atoms with Crippen molar-refractivity contribution >= 4 is 11.6 Å². The van der Waals surface area contributed by atoms with E-state index in [9.17, 15) is 9.90 Å². The number of ether oxygens (including phenoxy) is 1. The zero-order valence-corrected chi connectivity index (χ0v) is 22.7. The van der Waals surface area contributed by atoms with Crippen LogP contribution in [0.5, 0.6) is 11.5 Å². The number of rotatable bonds is 7. The number of benzene rings is 2. The number of ketones is 1. The van der Waals surface area contributed by atoms with Gasteiger partial charge in [0.25, 0.3) is 0 Å². The number of Topliss-reactive ketones (excluding diaryl/α,β-unsaturated/α-hetero) is 1. The zero-order chi connectivity index (χ0) is 26.1. The molecule has 1 aliphatic rings. The minimum Gasteiger partial charge on any atom is -0.507 e. The smallest absolute Gasteiger partial charge is 0.182 e. The highest BCUT2D eigenvalue weighted by Gasteiger charge is 2.40. The lowest BCUT2D eigenvalue weighted by atomic mass is 9.78. The molecule has 2 aromatic rings. The second kappa shape index (κ2) is 10.0. The summed E-state index contributed by atoms with van der Waals surface area (Å²) in [5, 5.41) is 20.1. The number of phenolic OH excluding ortho intramolecular Hbond substituents is 1. The number of nitrogens with one attached hydrogen (secondary N) is 1. The second-order valence-corrected chi connectivity index (χ2v) is 11.9. The van der Waals surface area contributed by atoms with Crippen LogP contribution in [0.1, 0.15) is 94.3 Å². The minimum absolute atomic E-state index is 0.0262. The van der Waals surface area contributed by atoms with E-state index in [-0.39, 0.29) is 40.7 Å². The van der Waals surface area contributed by atoms with E-state index in [0.717, 1.165) is 35.3 Å². The van der Waals surface area contributed by atoms with E-state index in [1.165, 1.54) is 0 Å². The molecule has 2 N–H and O–H groups in total. The van der Waals surface area contributed by atoms with Gasteiger partial charge in [-0.25, -0.2) is 0 Å². The van der Waals surface area contributed by atoms with Crippen LogP contribution < -0.4 is 4.74 Å². The average molecular weight is 479 g/mol. The van der Waals surface area contributed by atoms with Gasteiger partial charge in [0.15, 0.2) is 5.78 Å². The van der Waals surface area contributed by atoms with Crippen LogP contribution in [0.15, 0.2) is 36.4 Å². The fourth-order valence-corrected chi connectivity index (χ4v) is 5.21. The number of methoxy groups -OCH3 is 1. The summed E-state index contributed by atoms with van der Waals surface area (Å²) >= 11 is 0. The lowest BCUT2D eigenvalue weighted by Crippen LogP contribution is -2.32. The van der Waals surface area contributed by atoms with Crippen LogP contribution in [-0.4, -0.2) is 41.8 Å². The van der Waals surface area contributed by atoms with E-state index < -0.39 is 0 Å². The van der Waals surface area contributed by atoms with Gasteiger partial charge in [-0.3, -0.25) is 10.2 Å². The summed E-state index contributed by atoms with van der Waals surface area (Å²) in [6.07, 6.45) is 2.00. The summed E-state index contributed by atoms with van der Waals surface area (Å²) in [6.45, 7) is 15.3. The quantitative estimate of drug-likeness (QED) is 0.436. The SMILES string of the molecule is CCCC1CN(CC(=O)c2cc(C(C)(C)C)c(O)c(C(C)(C)C)c2)C(=N)C1c1ccccc1OC. The summed E-state index contributed by atoms with van der Waals surface area (Å²) in [6, 6.07) is 11.6. The van der Waals surface area contributed by atoms with Crippen LogP contribution in [-0.2, 0) is 10.8 Å². The number of amidine groups is 1. The van der Waals surface area contributed by atoms with Crippen molar-refractivity contribution in [3.05, 3.63) is 58.7 Å². The summed E-state index contributed by atoms with van der Waals surface area (Å²) < 4.78 is 5.61. The average Bonchev–Trinajstić information content (AvgIpc) is 3.06. The lowest BCUT2D eigenvalue weighted by Gasteiger charge is -2.28. The first-order valence-electron chi connectivity index (χ1n) is 12.7. The first-order chi connectivity index (χ1) is 16.3. The number of carbonyl (C=O) groups excluding carboxylic acids is 1. The van der Waals surface area contributed by atoms with Crippen molar-refractivity contribution in [2.24, 2.45) is 5.92 Å². The maximum atomic E-state index is 13.6. The Kier molecular flexibility index (Phi) is 7.68. The molecular weight excluding hydrogens is 436 g/mol. The molecule has 0 aromatic heterocycles. The molecular formula is C30H42N2O3. The number of nitrogens with zero attached hydrogens (tertiary/aromatic N) is 1. The summed E-state index contributed by atoms with van der Waals surface area (Å²) in [4.78, 5) is 15.5. The number of likely N-dealkylation sites (tertiary alicyclic amines) is 1. The molecule has 0 spiro atoms. The zero-order valence-electron chi connectivity index (χ0n) is 22.7. The first kappa shape index (κ1) is 26.8. The molecule has 2 aromatic carbocycles. The third-order valence-electron chi connectivity index (χ3n) is 7.08. The Morgan fingerprint density at radius 3 is 2.17 bits per heavy atom. The Hall–Kier alpha value is -2.82. The third kappa shape index (κ3) is 5.55. The maximum absolute atomic E-state index is 13.6. The van der Waals surface area contributed by atoms with Crippen LogP contribution in [0.2, 0.25) is 0 Å². The van der Waals surface area contributed by atoms with E-state index in [2.05, 4.69) is 6.92 Å². The van der Waals surface area contributed by atoms with Gasteiger partial charge in [0.05, 0.1) is 13.7 Å². The largest absolute Gasteiger partial charge is 0.507 e.